The van der Waals surface area contributed by atoms with Crippen LogP contribution in [-0.4, -0.2) is 31.8 Å². The van der Waals surface area contributed by atoms with Gasteiger partial charge in [-0.1, -0.05) is 31.5 Å². The summed E-state index contributed by atoms with van der Waals surface area (Å²) in [6, 6.07) is 6.75. The lowest BCUT2D eigenvalue weighted by Gasteiger charge is -2.38. The quantitative estimate of drug-likeness (QED) is 0.906. The second-order valence-corrected chi connectivity index (χ2v) is 5.85. The largest absolute Gasteiger partial charge is 0.377 e. The monoisotopic (exact) mass is 296 g/mol. The van der Waals surface area contributed by atoms with Crippen LogP contribution in [0.25, 0.3) is 0 Å². The van der Waals surface area contributed by atoms with Gasteiger partial charge in [-0.15, -0.1) is 0 Å². The number of hydrogen-bond acceptors (Lipinski definition) is 3. The van der Waals surface area contributed by atoms with Gasteiger partial charge in [0.25, 0.3) is 0 Å². The number of rotatable bonds is 5. The van der Waals surface area contributed by atoms with Gasteiger partial charge >= 0.3 is 0 Å². The van der Waals surface area contributed by atoms with Crippen LogP contribution in [0.15, 0.2) is 18.2 Å². The van der Waals surface area contributed by atoms with E-state index in [1.165, 1.54) is 11.3 Å². The SMILES string of the molecule is CCC(N)Cc1c(Cl)cccc1N1CCOCC1CC. The van der Waals surface area contributed by atoms with E-state index in [-0.39, 0.29) is 6.04 Å². The molecule has 1 aliphatic rings. The van der Waals surface area contributed by atoms with Gasteiger partial charge in [0.2, 0.25) is 0 Å². The molecule has 2 rings (SSSR count). The topological polar surface area (TPSA) is 38.5 Å². The summed E-state index contributed by atoms with van der Waals surface area (Å²) in [6.45, 7) is 6.82. The highest BCUT2D eigenvalue weighted by Gasteiger charge is 2.24. The average Bonchev–Trinajstić information content (AvgIpc) is 2.49. The van der Waals surface area contributed by atoms with Gasteiger partial charge in [-0.05, 0) is 37.0 Å². The number of hydrogen-bond donors (Lipinski definition) is 1. The van der Waals surface area contributed by atoms with Crippen LogP contribution in [0.5, 0.6) is 0 Å². The third kappa shape index (κ3) is 3.46. The molecule has 0 bridgehead atoms. The standard InChI is InChI=1S/C16H25ClN2O/c1-3-12(18)10-14-15(17)6-5-7-16(14)19-8-9-20-11-13(19)4-2/h5-7,12-13H,3-4,8-11,18H2,1-2H3. The zero-order valence-electron chi connectivity index (χ0n) is 12.4. The Morgan fingerprint density at radius 2 is 2.25 bits per heavy atom. The maximum absolute atomic E-state index is 6.43. The molecule has 1 saturated heterocycles. The van der Waals surface area contributed by atoms with E-state index < -0.39 is 0 Å². The fourth-order valence-corrected chi connectivity index (χ4v) is 2.98. The van der Waals surface area contributed by atoms with Gasteiger partial charge in [-0.3, -0.25) is 0 Å². The van der Waals surface area contributed by atoms with E-state index in [9.17, 15) is 0 Å². The Bertz CT molecular complexity index is 438. The molecule has 1 aromatic rings. The molecule has 2 unspecified atom stereocenters. The lowest BCUT2D eigenvalue weighted by Crippen LogP contribution is -2.45. The Morgan fingerprint density at radius 1 is 1.45 bits per heavy atom. The third-order valence-corrected chi connectivity index (χ3v) is 4.45. The number of benzene rings is 1. The Hall–Kier alpha value is -0.770. The minimum Gasteiger partial charge on any atom is -0.377 e. The lowest BCUT2D eigenvalue weighted by molar-refractivity contribution is 0.0929. The summed E-state index contributed by atoms with van der Waals surface area (Å²) in [7, 11) is 0. The van der Waals surface area contributed by atoms with E-state index in [4.69, 9.17) is 22.1 Å². The van der Waals surface area contributed by atoms with Gasteiger partial charge in [0, 0.05) is 23.3 Å². The van der Waals surface area contributed by atoms with E-state index in [1.807, 2.05) is 12.1 Å². The molecule has 20 heavy (non-hydrogen) atoms. The van der Waals surface area contributed by atoms with E-state index in [0.717, 1.165) is 44.0 Å². The van der Waals surface area contributed by atoms with Crippen molar-refractivity contribution in [1.82, 2.24) is 0 Å². The normalized spacial score (nSPS) is 21.0. The Balaban J connectivity index is 2.31. The Kier molecular flexibility index (Phi) is 5.70. The molecule has 2 N–H and O–H groups in total. The summed E-state index contributed by atoms with van der Waals surface area (Å²) in [6.07, 6.45) is 2.87. The highest BCUT2D eigenvalue weighted by Crippen LogP contribution is 2.31. The molecule has 0 saturated carbocycles. The van der Waals surface area contributed by atoms with E-state index in [0.29, 0.717) is 6.04 Å². The first-order chi connectivity index (χ1) is 9.67. The molecular formula is C16H25ClN2O. The number of morpholine rings is 1. The predicted octanol–water partition coefficient (Wildman–Crippen LogP) is 3.24. The van der Waals surface area contributed by atoms with Gasteiger partial charge in [0.15, 0.2) is 0 Å². The van der Waals surface area contributed by atoms with Crippen molar-refractivity contribution in [3.8, 4) is 0 Å². The van der Waals surface area contributed by atoms with Crippen molar-refractivity contribution < 1.29 is 4.74 Å². The summed E-state index contributed by atoms with van der Waals surface area (Å²) in [5, 5.41) is 0.827. The van der Waals surface area contributed by atoms with E-state index >= 15 is 0 Å². The molecule has 1 aliphatic heterocycles. The van der Waals surface area contributed by atoms with Crippen molar-refractivity contribution in [3.63, 3.8) is 0 Å². The van der Waals surface area contributed by atoms with Crippen LogP contribution >= 0.6 is 11.6 Å². The van der Waals surface area contributed by atoms with Crippen molar-refractivity contribution in [2.75, 3.05) is 24.7 Å². The summed E-state index contributed by atoms with van der Waals surface area (Å²) in [5.74, 6) is 0. The molecule has 1 aromatic carbocycles. The summed E-state index contributed by atoms with van der Waals surface area (Å²) < 4.78 is 5.60. The number of halogens is 1. The summed E-state index contributed by atoms with van der Waals surface area (Å²) in [4.78, 5) is 2.44. The fourth-order valence-electron chi connectivity index (χ4n) is 2.74. The minimum absolute atomic E-state index is 0.162. The van der Waals surface area contributed by atoms with E-state index in [2.05, 4.69) is 24.8 Å². The molecule has 0 radical (unpaired) electrons. The fraction of sp³-hybridized carbons (Fsp3) is 0.625. The van der Waals surface area contributed by atoms with Gasteiger partial charge in [-0.25, -0.2) is 0 Å². The molecule has 4 heteroatoms. The molecule has 3 nitrogen and oxygen atoms in total. The molecule has 0 aliphatic carbocycles. The van der Waals surface area contributed by atoms with Crippen molar-refractivity contribution in [3.05, 3.63) is 28.8 Å². The molecule has 0 spiro atoms. The zero-order chi connectivity index (χ0) is 14.5. The van der Waals surface area contributed by atoms with Gasteiger partial charge in [0.05, 0.1) is 19.3 Å². The van der Waals surface area contributed by atoms with Gasteiger partial charge < -0.3 is 15.4 Å². The molecule has 0 aromatic heterocycles. The van der Waals surface area contributed by atoms with Crippen LogP contribution in [0.3, 0.4) is 0 Å². The highest BCUT2D eigenvalue weighted by atomic mass is 35.5. The molecule has 112 valence electrons. The van der Waals surface area contributed by atoms with Crippen LogP contribution in [0.2, 0.25) is 5.02 Å². The number of nitrogens with zero attached hydrogens (tertiary/aromatic N) is 1. The molecule has 1 fully saturated rings. The van der Waals surface area contributed by atoms with Crippen LogP contribution in [0, 0.1) is 0 Å². The molecular weight excluding hydrogens is 272 g/mol. The van der Waals surface area contributed by atoms with E-state index in [1.54, 1.807) is 0 Å². The second kappa shape index (κ2) is 7.30. The first kappa shape index (κ1) is 15.6. The van der Waals surface area contributed by atoms with Crippen molar-refractivity contribution in [2.24, 2.45) is 5.73 Å². The second-order valence-electron chi connectivity index (χ2n) is 5.44. The number of anilines is 1. The number of nitrogens with two attached hydrogens (primary N) is 1. The van der Waals surface area contributed by atoms with Crippen LogP contribution in [-0.2, 0) is 11.2 Å². The van der Waals surface area contributed by atoms with Crippen molar-refractivity contribution >= 4 is 17.3 Å². The smallest absolute Gasteiger partial charge is 0.0670 e. The van der Waals surface area contributed by atoms with Crippen molar-refractivity contribution in [1.29, 1.82) is 0 Å². The maximum Gasteiger partial charge on any atom is 0.0670 e. The Morgan fingerprint density at radius 3 is 2.95 bits per heavy atom. The first-order valence-electron chi connectivity index (χ1n) is 7.54. The average molecular weight is 297 g/mol. The Labute approximate surface area is 127 Å². The molecule has 1 heterocycles. The lowest BCUT2D eigenvalue weighted by atomic mass is 10.0. The highest BCUT2D eigenvalue weighted by molar-refractivity contribution is 6.31. The molecule has 0 amide bonds. The van der Waals surface area contributed by atoms with Gasteiger partial charge in [0.1, 0.15) is 0 Å². The van der Waals surface area contributed by atoms with Crippen LogP contribution in [0.4, 0.5) is 5.69 Å². The minimum atomic E-state index is 0.162. The van der Waals surface area contributed by atoms with Crippen molar-refractivity contribution in [2.45, 2.75) is 45.2 Å². The first-order valence-corrected chi connectivity index (χ1v) is 7.92. The maximum atomic E-state index is 6.43. The number of ether oxygens (including phenoxy) is 1. The third-order valence-electron chi connectivity index (χ3n) is 4.09. The van der Waals surface area contributed by atoms with Crippen LogP contribution in [0.1, 0.15) is 32.3 Å². The zero-order valence-corrected chi connectivity index (χ0v) is 13.2. The summed E-state index contributed by atoms with van der Waals surface area (Å²) in [5.41, 5.74) is 8.55. The molecule has 2 atom stereocenters. The van der Waals surface area contributed by atoms with Crippen LogP contribution < -0.4 is 10.6 Å². The van der Waals surface area contributed by atoms with Gasteiger partial charge in [-0.2, -0.15) is 0 Å². The summed E-state index contributed by atoms with van der Waals surface area (Å²) >= 11 is 6.43. The predicted molar refractivity (Wildman–Crippen MR) is 85.7 cm³/mol.